The lowest BCUT2D eigenvalue weighted by atomic mass is 9.82. The van der Waals surface area contributed by atoms with Crippen LogP contribution in [0.2, 0.25) is 0 Å². The molecule has 9 nitrogen and oxygen atoms in total. The number of aromatic nitrogens is 4. The second kappa shape index (κ2) is 11.1. The maximum Gasteiger partial charge on any atom is 0.256 e. The number of fused-ring (bicyclic) bond motifs is 1. The number of nitrogen functional groups attached to an aromatic ring is 1. The van der Waals surface area contributed by atoms with Gasteiger partial charge in [-0.3, -0.25) is 9.20 Å². The number of nitrogens with zero attached hydrogens (tertiary/aromatic N) is 4. The van der Waals surface area contributed by atoms with Crippen LogP contribution >= 0.6 is 0 Å². The standard InChI is InChI=1S/C28H28N6O2.CH4O/c29-26-25-24(33-27(34(25)13-12-31-26)22-3-1-2-17(14-22)16-35)19-6-8-20(9-7-19)28(36)32-23-15-21(10-11-30-23)18-4-5-18;1-2/h6-13,15-18,22H,1-5,14H2,(H2,29,31)(H,30,32,36);2H,1H3. The Balaban J connectivity index is 0.00000144. The van der Waals surface area contributed by atoms with E-state index in [1.807, 2.05) is 34.9 Å². The van der Waals surface area contributed by atoms with Crippen LogP contribution in [0.4, 0.5) is 11.6 Å². The molecule has 2 unspecified atom stereocenters. The number of carbonyl (C=O) groups is 2. The van der Waals surface area contributed by atoms with Gasteiger partial charge in [0.15, 0.2) is 0 Å². The van der Waals surface area contributed by atoms with Crippen molar-refractivity contribution >= 4 is 29.3 Å². The number of aliphatic hydroxyl groups is 1. The third-order valence-corrected chi connectivity index (χ3v) is 7.38. The Kier molecular flexibility index (Phi) is 7.46. The second-order valence-corrected chi connectivity index (χ2v) is 9.89. The van der Waals surface area contributed by atoms with Crippen LogP contribution in [-0.2, 0) is 4.79 Å². The topological polar surface area (TPSA) is 136 Å². The molecule has 2 saturated carbocycles. The lowest BCUT2D eigenvalue weighted by Gasteiger charge is -2.24. The highest BCUT2D eigenvalue weighted by atomic mass is 16.2. The highest BCUT2D eigenvalue weighted by molar-refractivity contribution is 6.04. The maximum absolute atomic E-state index is 12.9. The molecule has 2 aliphatic rings. The summed E-state index contributed by atoms with van der Waals surface area (Å²) in [6, 6.07) is 11.3. The molecule has 2 aliphatic carbocycles. The van der Waals surface area contributed by atoms with E-state index >= 15 is 0 Å². The average molecular weight is 513 g/mol. The van der Waals surface area contributed by atoms with Crippen LogP contribution in [0, 0.1) is 5.92 Å². The maximum atomic E-state index is 12.9. The van der Waals surface area contributed by atoms with Crippen molar-refractivity contribution in [2.75, 3.05) is 18.2 Å². The van der Waals surface area contributed by atoms with E-state index in [2.05, 4.69) is 15.3 Å². The molecule has 4 N–H and O–H groups in total. The van der Waals surface area contributed by atoms with Crippen molar-refractivity contribution in [3.8, 4) is 11.3 Å². The summed E-state index contributed by atoms with van der Waals surface area (Å²) < 4.78 is 2.01. The predicted molar refractivity (Wildman–Crippen MR) is 146 cm³/mol. The summed E-state index contributed by atoms with van der Waals surface area (Å²) in [5, 5.41) is 9.91. The quantitative estimate of drug-likeness (QED) is 0.322. The molecule has 0 spiro atoms. The number of nitrogens with two attached hydrogens (primary N) is 1. The van der Waals surface area contributed by atoms with Gasteiger partial charge in [-0.05, 0) is 67.9 Å². The first kappa shape index (κ1) is 25.5. The van der Waals surface area contributed by atoms with Crippen molar-refractivity contribution in [3.05, 3.63) is 71.9 Å². The van der Waals surface area contributed by atoms with Gasteiger partial charge >= 0.3 is 0 Å². The van der Waals surface area contributed by atoms with Crippen LogP contribution < -0.4 is 11.1 Å². The zero-order valence-electron chi connectivity index (χ0n) is 21.4. The van der Waals surface area contributed by atoms with E-state index in [9.17, 15) is 9.59 Å². The van der Waals surface area contributed by atoms with Gasteiger partial charge in [-0.25, -0.2) is 15.0 Å². The highest BCUT2D eigenvalue weighted by Crippen LogP contribution is 2.40. The molecular formula is C29H32N6O3. The van der Waals surface area contributed by atoms with Gasteiger partial charge in [-0.15, -0.1) is 0 Å². The van der Waals surface area contributed by atoms with E-state index in [0.717, 1.165) is 61.7 Å². The fraction of sp³-hybridized carbons (Fsp3) is 0.345. The Morgan fingerprint density at radius 1 is 1.05 bits per heavy atom. The number of anilines is 2. The Hall–Kier alpha value is -4.11. The van der Waals surface area contributed by atoms with Gasteiger partial charge in [0.2, 0.25) is 0 Å². The van der Waals surface area contributed by atoms with Crippen molar-refractivity contribution in [3.63, 3.8) is 0 Å². The fourth-order valence-electron chi connectivity index (χ4n) is 5.32. The number of benzene rings is 1. The van der Waals surface area contributed by atoms with Crippen LogP contribution in [0.25, 0.3) is 16.8 Å². The van der Waals surface area contributed by atoms with E-state index < -0.39 is 0 Å². The van der Waals surface area contributed by atoms with Gasteiger partial charge in [-0.1, -0.05) is 18.6 Å². The molecule has 0 aliphatic heterocycles. The minimum absolute atomic E-state index is 0.0657. The van der Waals surface area contributed by atoms with Gasteiger partial charge in [0.25, 0.3) is 5.91 Å². The number of rotatable bonds is 6. The minimum Gasteiger partial charge on any atom is -0.400 e. The largest absolute Gasteiger partial charge is 0.400 e. The molecule has 4 aromatic rings. The normalized spacial score (nSPS) is 18.9. The molecule has 2 atom stereocenters. The number of imidazole rings is 1. The van der Waals surface area contributed by atoms with Crippen LogP contribution in [0.3, 0.4) is 0 Å². The number of hydrogen-bond donors (Lipinski definition) is 3. The van der Waals surface area contributed by atoms with E-state index in [1.165, 1.54) is 18.4 Å². The molecule has 0 saturated heterocycles. The molecule has 9 heteroatoms. The highest BCUT2D eigenvalue weighted by Gasteiger charge is 2.28. The predicted octanol–water partition coefficient (Wildman–Crippen LogP) is 4.58. The Morgan fingerprint density at radius 2 is 1.84 bits per heavy atom. The number of hydrogen-bond acceptors (Lipinski definition) is 7. The summed E-state index contributed by atoms with van der Waals surface area (Å²) in [4.78, 5) is 37.9. The van der Waals surface area contributed by atoms with Gasteiger partial charge in [-0.2, -0.15) is 0 Å². The molecule has 3 heterocycles. The van der Waals surface area contributed by atoms with Crippen molar-refractivity contribution in [1.82, 2.24) is 19.4 Å². The minimum atomic E-state index is -0.208. The molecule has 6 rings (SSSR count). The molecule has 0 bridgehead atoms. The van der Waals surface area contributed by atoms with Crippen molar-refractivity contribution in [2.45, 2.75) is 50.4 Å². The first-order valence-corrected chi connectivity index (χ1v) is 13.0. The lowest BCUT2D eigenvalue weighted by Crippen LogP contribution is -2.17. The third-order valence-electron chi connectivity index (χ3n) is 7.38. The fourth-order valence-corrected chi connectivity index (χ4v) is 5.32. The van der Waals surface area contributed by atoms with Gasteiger partial charge in [0.1, 0.15) is 35.0 Å². The van der Waals surface area contributed by atoms with Crippen LogP contribution in [0.1, 0.15) is 72.1 Å². The smallest absolute Gasteiger partial charge is 0.256 e. The molecule has 2 fully saturated rings. The van der Waals surface area contributed by atoms with Crippen molar-refractivity contribution in [2.24, 2.45) is 5.92 Å². The Morgan fingerprint density at radius 3 is 2.58 bits per heavy atom. The van der Waals surface area contributed by atoms with Gasteiger partial charge in [0.05, 0.1) is 0 Å². The summed E-state index contributed by atoms with van der Waals surface area (Å²) in [5.74, 6) is 2.51. The Labute approximate surface area is 221 Å². The monoisotopic (exact) mass is 512 g/mol. The number of aliphatic hydroxyl groups excluding tert-OH is 1. The number of aldehydes is 1. The molecule has 38 heavy (non-hydrogen) atoms. The first-order valence-electron chi connectivity index (χ1n) is 13.0. The zero-order valence-corrected chi connectivity index (χ0v) is 21.4. The second-order valence-electron chi connectivity index (χ2n) is 9.89. The number of nitrogens with one attached hydrogen (secondary N) is 1. The van der Waals surface area contributed by atoms with Gasteiger partial charge in [0, 0.05) is 48.7 Å². The summed E-state index contributed by atoms with van der Waals surface area (Å²) >= 11 is 0. The van der Waals surface area contributed by atoms with Crippen LogP contribution in [0.5, 0.6) is 0 Å². The number of amides is 1. The lowest BCUT2D eigenvalue weighted by molar-refractivity contribution is -0.112. The first-order chi connectivity index (χ1) is 18.6. The summed E-state index contributed by atoms with van der Waals surface area (Å²) in [6.45, 7) is 0. The molecule has 1 amide bonds. The average Bonchev–Trinajstić information content (AvgIpc) is 3.75. The molecule has 0 radical (unpaired) electrons. The zero-order chi connectivity index (χ0) is 26.6. The summed E-state index contributed by atoms with van der Waals surface area (Å²) in [5.41, 5.74) is 10.4. The number of carbonyl (C=O) groups excluding carboxylic acids is 2. The van der Waals surface area contributed by atoms with E-state index in [1.54, 1.807) is 24.5 Å². The molecule has 1 aromatic carbocycles. The third kappa shape index (κ3) is 5.15. The molecule has 3 aromatic heterocycles. The summed E-state index contributed by atoms with van der Waals surface area (Å²) in [7, 11) is 1.00. The SMILES string of the molecule is CO.Nc1nccn2c(C3CCCC(C=O)C3)nc(-c3ccc(C(=O)Nc4cc(C5CC5)ccn4)cc3)c12. The Bertz CT molecular complexity index is 1440. The van der Waals surface area contributed by atoms with Crippen LogP contribution in [-0.4, -0.2) is 43.8 Å². The van der Waals surface area contributed by atoms with Crippen molar-refractivity contribution < 1.29 is 14.7 Å². The van der Waals surface area contributed by atoms with Crippen molar-refractivity contribution in [1.29, 1.82) is 0 Å². The number of pyridine rings is 1. The van der Waals surface area contributed by atoms with E-state index in [0.29, 0.717) is 23.1 Å². The molecular weight excluding hydrogens is 480 g/mol. The van der Waals surface area contributed by atoms with Gasteiger partial charge < -0.3 is 21.0 Å². The summed E-state index contributed by atoms with van der Waals surface area (Å²) in [6.07, 6.45) is 12.5. The molecule has 196 valence electrons. The van der Waals surface area contributed by atoms with Crippen LogP contribution in [0.15, 0.2) is 55.0 Å². The van der Waals surface area contributed by atoms with E-state index in [-0.39, 0.29) is 17.7 Å². The van der Waals surface area contributed by atoms with E-state index in [4.69, 9.17) is 15.8 Å².